The highest BCUT2D eigenvalue weighted by Gasteiger charge is 2.45. The van der Waals surface area contributed by atoms with E-state index in [2.05, 4.69) is 26.8 Å². The number of allylic oxidation sites excluding steroid dienone is 1. The van der Waals surface area contributed by atoms with Crippen LogP contribution in [0.15, 0.2) is 11.6 Å². The van der Waals surface area contributed by atoms with E-state index in [4.69, 9.17) is 4.74 Å². The third-order valence-electron chi connectivity index (χ3n) is 4.78. The summed E-state index contributed by atoms with van der Waals surface area (Å²) in [6.07, 6.45) is 9.05. The zero-order chi connectivity index (χ0) is 15.9. The number of aliphatic hydroxyl groups is 1. The van der Waals surface area contributed by atoms with E-state index in [-0.39, 0.29) is 12.4 Å². The van der Waals surface area contributed by atoms with E-state index >= 15 is 0 Å². The molecular formula is C18H32O3. The molecule has 3 atom stereocenters. The fourth-order valence-corrected chi connectivity index (χ4v) is 3.15. The Morgan fingerprint density at radius 3 is 2.57 bits per heavy atom. The molecule has 21 heavy (non-hydrogen) atoms. The fraction of sp³-hybridized carbons (Fsp3) is 0.833. The molecule has 3 unspecified atom stereocenters. The van der Waals surface area contributed by atoms with Gasteiger partial charge in [-0.3, -0.25) is 4.79 Å². The Hall–Kier alpha value is -0.830. The molecular weight excluding hydrogens is 264 g/mol. The minimum atomic E-state index is -0.786. The lowest BCUT2D eigenvalue weighted by Crippen LogP contribution is -2.37. The number of cyclic esters (lactones) is 1. The van der Waals surface area contributed by atoms with E-state index in [1.807, 2.05) is 6.92 Å². The van der Waals surface area contributed by atoms with Crippen LogP contribution in [0.1, 0.15) is 79.1 Å². The standard InChI is InChI=1S/C18H32O3/c1-5-9-10-14(6-2)11-15(7-3)13-18(8-4)16(19)12-17(20)21-18/h13-14,16,19H,5-12H2,1-4H3. The van der Waals surface area contributed by atoms with Gasteiger partial charge in [-0.1, -0.05) is 59.0 Å². The average Bonchev–Trinajstić information content (AvgIpc) is 2.76. The minimum Gasteiger partial charge on any atom is -0.452 e. The van der Waals surface area contributed by atoms with Gasteiger partial charge in [0.05, 0.1) is 6.42 Å². The topological polar surface area (TPSA) is 46.5 Å². The zero-order valence-corrected chi connectivity index (χ0v) is 14.2. The summed E-state index contributed by atoms with van der Waals surface area (Å²) in [6, 6.07) is 0. The van der Waals surface area contributed by atoms with Crippen molar-refractivity contribution in [1.29, 1.82) is 0 Å². The number of esters is 1. The molecule has 1 saturated heterocycles. The van der Waals surface area contributed by atoms with Crippen LogP contribution in [0.2, 0.25) is 0 Å². The molecule has 1 heterocycles. The largest absolute Gasteiger partial charge is 0.452 e. The van der Waals surface area contributed by atoms with Gasteiger partial charge >= 0.3 is 5.97 Å². The molecule has 1 rings (SSSR count). The number of hydrogen-bond acceptors (Lipinski definition) is 3. The fourth-order valence-electron chi connectivity index (χ4n) is 3.15. The van der Waals surface area contributed by atoms with E-state index in [1.54, 1.807) is 0 Å². The van der Waals surface area contributed by atoms with Gasteiger partial charge in [-0.25, -0.2) is 0 Å². The number of rotatable bonds is 9. The van der Waals surface area contributed by atoms with Gasteiger partial charge in [-0.05, 0) is 31.3 Å². The van der Waals surface area contributed by atoms with Gasteiger partial charge in [0.1, 0.15) is 6.10 Å². The summed E-state index contributed by atoms with van der Waals surface area (Å²) in [6.45, 7) is 8.59. The summed E-state index contributed by atoms with van der Waals surface area (Å²) in [4.78, 5) is 11.5. The number of carbonyl (C=O) groups excluding carboxylic acids is 1. The molecule has 1 aliphatic rings. The van der Waals surface area contributed by atoms with Crippen LogP contribution < -0.4 is 0 Å². The Morgan fingerprint density at radius 1 is 1.43 bits per heavy atom. The van der Waals surface area contributed by atoms with Crippen molar-refractivity contribution in [3.63, 3.8) is 0 Å². The predicted molar refractivity (Wildman–Crippen MR) is 86.0 cm³/mol. The van der Waals surface area contributed by atoms with Crippen molar-refractivity contribution in [3.8, 4) is 0 Å². The first-order valence-electron chi connectivity index (χ1n) is 8.61. The third kappa shape index (κ3) is 4.84. The summed E-state index contributed by atoms with van der Waals surface area (Å²) in [5, 5.41) is 10.2. The maximum Gasteiger partial charge on any atom is 0.309 e. The van der Waals surface area contributed by atoms with Gasteiger partial charge < -0.3 is 9.84 Å². The monoisotopic (exact) mass is 296 g/mol. The van der Waals surface area contributed by atoms with Gasteiger partial charge in [0.25, 0.3) is 0 Å². The molecule has 0 spiro atoms. The normalized spacial score (nSPS) is 27.8. The summed E-state index contributed by atoms with van der Waals surface area (Å²) >= 11 is 0. The highest BCUT2D eigenvalue weighted by Crippen LogP contribution is 2.35. The van der Waals surface area contributed by atoms with Gasteiger partial charge in [-0.15, -0.1) is 0 Å². The SMILES string of the molecule is CCCCC(CC)CC(=CC1(CC)OC(=O)CC1O)CC. The molecule has 3 nitrogen and oxygen atoms in total. The molecule has 0 radical (unpaired) electrons. The summed E-state index contributed by atoms with van der Waals surface area (Å²) < 4.78 is 5.47. The van der Waals surface area contributed by atoms with Crippen molar-refractivity contribution >= 4 is 5.97 Å². The van der Waals surface area contributed by atoms with Crippen molar-refractivity contribution in [2.24, 2.45) is 5.92 Å². The maximum absolute atomic E-state index is 11.5. The molecule has 0 saturated carbocycles. The van der Waals surface area contributed by atoms with Gasteiger partial charge in [0.2, 0.25) is 0 Å². The summed E-state index contributed by atoms with van der Waals surface area (Å²) in [7, 11) is 0. The second-order valence-corrected chi connectivity index (χ2v) is 6.28. The molecule has 0 bridgehead atoms. The average molecular weight is 296 g/mol. The van der Waals surface area contributed by atoms with Gasteiger partial charge in [0, 0.05) is 0 Å². The second kappa shape index (κ2) is 8.57. The van der Waals surface area contributed by atoms with Crippen LogP contribution >= 0.6 is 0 Å². The number of aliphatic hydroxyl groups excluding tert-OH is 1. The number of unbranched alkanes of at least 4 members (excludes halogenated alkanes) is 1. The molecule has 0 aromatic heterocycles. The Bertz CT molecular complexity index is 361. The van der Waals surface area contributed by atoms with Crippen molar-refractivity contribution in [2.45, 2.75) is 90.8 Å². The first-order chi connectivity index (χ1) is 10.0. The van der Waals surface area contributed by atoms with Crippen molar-refractivity contribution in [3.05, 3.63) is 11.6 Å². The zero-order valence-electron chi connectivity index (χ0n) is 14.2. The van der Waals surface area contributed by atoms with Crippen molar-refractivity contribution < 1.29 is 14.6 Å². The molecule has 0 aromatic rings. The van der Waals surface area contributed by atoms with Crippen LogP contribution in [-0.2, 0) is 9.53 Å². The van der Waals surface area contributed by atoms with Crippen LogP contribution in [0.4, 0.5) is 0 Å². The predicted octanol–water partition coefficient (Wildman–Crippen LogP) is 4.39. The number of carbonyl (C=O) groups is 1. The van der Waals surface area contributed by atoms with Gasteiger partial charge in [0.15, 0.2) is 5.60 Å². The lowest BCUT2D eigenvalue weighted by molar-refractivity contribution is -0.146. The summed E-state index contributed by atoms with van der Waals surface area (Å²) in [5.74, 6) is 0.411. The molecule has 1 fully saturated rings. The smallest absolute Gasteiger partial charge is 0.309 e. The van der Waals surface area contributed by atoms with E-state index in [9.17, 15) is 9.90 Å². The molecule has 1 N–H and O–H groups in total. The van der Waals surface area contributed by atoms with Crippen LogP contribution in [-0.4, -0.2) is 22.8 Å². The Morgan fingerprint density at radius 2 is 2.14 bits per heavy atom. The molecule has 122 valence electrons. The Labute approximate surface area is 129 Å². The van der Waals surface area contributed by atoms with E-state index in [1.165, 1.54) is 31.3 Å². The number of hydrogen-bond donors (Lipinski definition) is 1. The highest BCUT2D eigenvalue weighted by molar-refractivity contribution is 5.74. The van der Waals surface area contributed by atoms with Gasteiger partial charge in [-0.2, -0.15) is 0 Å². The Balaban J connectivity index is 2.83. The van der Waals surface area contributed by atoms with Crippen LogP contribution in [0, 0.1) is 5.92 Å². The Kier molecular flexibility index (Phi) is 7.44. The maximum atomic E-state index is 11.5. The van der Waals surface area contributed by atoms with E-state index in [0.717, 1.165) is 12.8 Å². The first kappa shape index (κ1) is 18.2. The van der Waals surface area contributed by atoms with Crippen LogP contribution in [0.5, 0.6) is 0 Å². The molecule has 3 heteroatoms. The van der Waals surface area contributed by atoms with Crippen molar-refractivity contribution in [1.82, 2.24) is 0 Å². The minimum absolute atomic E-state index is 0.119. The summed E-state index contributed by atoms with van der Waals surface area (Å²) in [5.41, 5.74) is 0.527. The lowest BCUT2D eigenvalue weighted by atomic mass is 9.85. The number of ether oxygens (including phenoxy) is 1. The molecule has 0 aliphatic carbocycles. The molecule has 0 aromatic carbocycles. The van der Waals surface area contributed by atoms with Crippen LogP contribution in [0.3, 0.4) is 0 Å². The third-order valence-corrected chi connectivity index (χ3v) is 4.78. The quantitative estimate of drug-likeness (QED) is 0.507. The molecule has 0 amide bonds. The molecule has 1 aliphatic heterocycles. The lowest BCUT2D eigenvalue weighted by Gasteiger charge is -2.28. The van der Waals surface area contributed by atoms with Crippen LogP contribution in [0.25, 0.3) is 0 Å². The van der Waals surface area contributed by atoms with E-state index in [0.29, 0.717) is 12.3 Å². The second-order valence-electron chi connectivity index (χ2n) is 6.28. The van der Waals surface area contributed by atoms with E-state index < -0.39 is 11.7 Å². The first-order valence-corrected chi connectivity index (χ1v) is 8.61. The highest BCUT2D eigenvalue weighted by atomic mass is 16.6. The van der Waals surface area contributed by atoms with Crippen molar-refractivity contribution in [2.75, 3.05) is 0 Å².